The third-order valence-electron chi connectivity index (χ3n) is 2.66. The van der Waals surface area contributed by atoms with Crippen molar-refractivity contribution in [3.63, 3.8) is 0 Å². The number of nitrogens with zero attached hydrogens (tertiary/aromatic N) is 2. The van der Waals surface area contributed by atoms with E-state index in [1.807, 2.05) is 0 Å². The van der Waals surface area contributed by atoms with Gasteiger partial charge in [0.15, 0.2) is 0 Å². The first kappa shape index (κ1) is 12.4. The van der Waals surface area contributed by atoms with Gasteiger partial charge in [0, 0.05) is 17.5 Å². The minimum atomic E-state index is -0.536. The van der Waals surface area contributed by atoms with Crippen LogP contribution in [0.15, 0.2) is 18.2 Å². The Morgan fingerprint density at radius 1 is 1.56 bits per heavy atom. The van der Waals surface area contributed by atoms with Gasteiger partial charge in [-0.2, -0.15) is 4.37 Å². The maximum atomic E-state index is 11.5. The minimum absolute atomic E-state index is 0.0129. The van der Waals surface area contributed by atoms with Gasteiger partial charge < -0.3 is 4.74 Å². The van der Waals surface area contributed by atoms with E-state index in [1.54, 1.807) is 13.0 Å². The lowest BCUT2D eigenvalue weighted by Crippen LogP contribution is -2.11. The number of aromatic nitrogens is 1. The maximum absolute atomic E-state index is 11.5. The maximum Gasteiger partial charge on any atom is 0.314 e. The third kappa shape index (κ3) is 2.04. The number of nitro groups is 1. The molecular formula is C11H10N2O4S. The van der Waals surface area contributed by atoms with Crippen molar-refractivity contribution in [3.8, 4) is 0 Å². The van der Waals surface area contributed by atoms with Crippen LogP contribution in [0.2, 0.25) is 0 Å². The van der Waals surface area contributed by atoms with Crippen molar-refractivity contribution in [3.05, 3.63) is 34.0 Å². The SMILES string of the molecule is COC(=O)C(C)c1nsc2ccc([N+](=O)[O-])cc12. The summed E-state index contributed by atoms with van der Waals surface area (Å²) >= 11 is 1.21. The monoisotopic (exact) mass is 266 g/mol. The van der Waals surface area contributed by atoms with Crippen molar-refractivity contribution in [1.29, 1.82) is 0 Å². The van der Waals surface area contributed by atoms with Crippen molar-refractivity contribution in [2.24, 2.45) is 0 Å². The zero-order valence-corrected chi connectivity index (χ0v) is 10.6. The minimum Gasteiger partial charge on any atom is -0.469 e. The molecule has 0 saturated heterocycles. The van der Waals surface area contributed by atoms with Gasteiger partial charge in [-0.05, 0) is 24.5 Å². The molecule has 6 nitrogen and oxygen atoms in total. The average Bonchev–Trinajstić information content (AvgIpc) is 2.79. The molecule has 1 aromatic carbocycles. The number of non-ortho nitro benzene ring substituents is 1. The van der Waals surface area contributed by atoms with E-state index >= 15 is 0 Å². The van der Waals surface area contributed by atoms with Gasteiger partial charge >= 0.3 is 5.97 Å². The van der Waals surface area contributed by atoms with Crippen LogP contribution < -0.4 is 0 Å². The number of benzene rings is 1. The van der Waals surface area contributed by atoms with E-state index in [0.717, 1.165) is 4.70 Å². The fourth-order valence-electron chi connectivity index (χ4n) is 1.66. The highest BCUT2D eigenvalue weighted by Gasteiger charge is 2.22. The van der Waals surface area contributed by atoms with Crippen LogP contribution in [0, 0.1) is 10.1 Å². The van der Waals surface area contributed by atoms with Crippen LogP contribution in [-0.2, 0) is 9.53 Å². The average molecular weight is 266 g/mol. The second-order valence-electron chi connectivity index (χ2n) is 3.75. The molecule has 1 unspecified atom stereocenters. The van der Waals surface area contributed by atoms with E-state index in [9.17, 15) is 14.9 Å². The Balaban J connectivity index is 2.55. The van der Waals surface area contributed by atoms with Crippen molar-refractivity contribution < 1.29 is 14.5 Å². The summed E-state index contributed by atoms with van der Waals surface area (Å²) in [4.78, 5) is 21.7. The van der Waals surface area contributed by atoms with Gasteiger partial charge in [-0.1, -0.05) is 0 Å². The van der Waals surface area contributed by atoms with Crippen molar-refractivity contribution in [2.75, 3.05) is 7.11 Å². The molecule has 0 amide bonds. The summed E-state index contributed by atoms with van der Waals surface area (Å²) in [5.41, 5.74) is 0.506. The van der Waals surface area contributed by atoms with Gasteiger partial charge in [0.1, 0.15) is 0 Å². The highest BCUT2D eigenvalue weighted by atomic mass is 32.1. The number of fused-ring (bicyclic) bond motifs is 1. The Morgan fingerprint density at radius 3 is 2.89 bits per heavy atom. The van der Waals surface area contributed by atoms with E-state index in [-0.39, 0.29) is 5.69 Å². The standard InChI is InChI=1S/C11H10N2O4S/c1-6(11(14)17-2)10-8-5-7(13(15)16)3-4-9(8)18-12-10/h3-6H,1-2H3. The number of carbonyl (C=O) groups is 1. The molecule has 0 saturated carbocycles. The van der Waals surface area contributed by atoms with Crippen LogP contribution in [0.25, 0.3) is 10.1 Å². The summed E-state index contributed by atoms with van der Waals surface area (Å²) in [6, 6.07) is 4.50. The summed E-state index contributed by atoms with van der Waals surface area (Å²) in [6.07, 6.45) is 0. The number of ether oxygens (including phenoxy) is 1. The van der Waals surface area contributed by atoms with Crippen LogP contribution in [0.3, 0.4) is 0 Å². The second kappa shape index (κ2) is 4.69. The van der Waals surface area contributed by atoms with E-state index in [1.165, 1.54) is 30.8 Å². The smallest absolute Gasteiger partial charge is 0.314 e. The van der Waals surface area contributed by atoms with Crippen LogP contribution >= 0.6 is 11.5 Å². The largest absolute Gasteiger partial charge is 0.469 e. The second-order valence-corrected chi connectivity index (χ2v) is 4.56. The zero-order chi connectivity index (χ0) is 13.3. The summed E-state index contributed by atoms with van der Waals surface area (Å²) in [6.45, 7) is 1.67. The highest BCUT2D eigenvalue weighted by Crippen LogP contribution is 2.31. The first-order chi connectivity index (χ1) is 8.54. The summed E-state index contributed by atoms with van der Waals surface area (Å²) in [7, 11) is 1.30. The number of hydrogen-bond acceptors (Lipinski definition) is 6. The quantitative estimate of drug-likeness (QED) is 0.484. The molecule has 2 rings (SSSR count). The lowest BCUT2D eigenvalue weighted by atomic mass is 10.0. The Labute approximate surface area is 107 Å². The molecule has 0 fully saturated rings. The molecule has 0 N–H and O–H groups in total. The zero-order valence-electron chi connectivity index (χ0n) is 9.75. The van der Waals surface area contributed by atoms with Crippen molar-refractivity contribution >= 4 is 33.3 Å². The van der Waals surface area contributed by atoms with Crippen molar-refractivity contribution in [2.45, 2.75) is 12.8 Å². The molecule has 0 aliphatic rings. The predicted molar refractivity (Wildman–Crippen MR) is 66.7 cm³/mol. The molecular weight excluding hydrogens is 256 g/mol. The molecule has 1 atom stereocenters. The lowest BCUT2D eigenvalue weighted by Gasteiger charge is -2.06. The first-order valence-corrected chi connectivity index (χ1v) is 5.93. The molecule has 7 heteroatoms. The lowest BCUT2D eigenvalue weighted by molar-refractivity contribution is -0.384. The van der Waals surface area contributed by atoms with Gasteiger partial charge in [0.25, 0.3) is 5.69 Å². The number of carbonyl (C=O) groups excluding carboxylic acids is 1. The summed E-state index contributed by atoms with van der Waals surface area (Å²) in [5, 5.41) is 11.4. The normalized spacial score (nSPS) is 12.3. The molecule has 1 aromatic heterocycles. The van der Waals surface area contributed by atoms with E-state index in [2.05, 4.69) is 9.11 Å². The van der Waals surface area contributed by atoms with Crippen LogP contribution in [0.5, 0.6) is 0 Å². The Hall–Kier alpha value is -2.02. The fraction of sp³-hybridized carbons (Fsp3) is 0.273. The van der Waals surface area contributed by atoms with Crippen LogP contribution in [-0.4, -0.2) is 22.4 Å². The van der Waals surface area contributed by atoms with E-state index in [4.69, 9.17) is 0 Å². The number of methoxy groups -OCH3 is 1. The molecule has 18 heavy (non-hydrogen) atoms. The van der Waals surface area contributed by atoms with Crippen LogP contribution in [0.4, 0.5) is 5.69 Å². The summed E-state index contributed by atoms with van der Waals surface area (Å²) in [5.74, 6) is -0.945. The van der Waals surface area contributed by atoms with Gasteiger partial charge in [0.2, 0.25) is 0 Å². The molecule has 2 aromatic rings. The number of hydrogen-bond donors (Lipinski definition) is 0. The number of nitro benzene ring substituents is 1. The Bertz CT molecular complexity index is 623. The molecule has 0 aliphatic carbocycles. The fourth-order valence-corrected chi connectivity index (χ4v) is 2.50. The topological polar surface area (TPSA) is 82.3 Å². The Kier molecular flexibility index (Phi) is 3.24. The van der Waals surface area contributed by atoms with E-state index < -0.39 is 16.8 Å². The van der Waals surface area contributed by atoms with Crippen molar-refractivity contribution in [1.82, 2.24) is 4.37 Å². The molecule has 94 valence electrons. The predicted octanol–water partition coefficient (Wildman–Crippen LogP) is 2.48. The highest BCUT2D eigenvalue weighted by molar-refractivity contribution is 7.13. The van der Waals surface area contributed by atoms with Gasteiger partial charge in [-0.25, -0.2) is 0 Å². The molecule has 0 radical (unpaired) electrons. The molecule has 0 spiro atoms. The van der Waals surface area contributed by atoms with Gasteiger partial charge in [0.05, 0.1) is 28.3 Å². The third-order valence-corrected chi connectivity index (χ3v) is 3.50. The summed E-state index contributed by atoms with van der Waals surface area (Å²) < 4.78 is 9.65. The number of rotatable bonds is 3. The molecule has 0 bridgehead atoms. The number of esters is 1. The van der Waals surface area contributed by atoms with E-state index in [0.29, 0.717) is 11.1 Å². The van der Waals surface area contributed by atoms with Gasteiger partial charge in [-0.15, -0.1) is 0 Å². The molecule has 0 aliphatic heterocycles. The van der Waals surface area contributed by atoms with Crippen LogP contribution in [0.1, 0.15) is 18.5 Å². The Morgan fingerprint density at radius 2 is 2.28 bits per heavy atom. The first-order valence-electron chi connectivity index (χ1n) is 5.16. The molecule has 1 heterocycles. The van der Waals surface area contributed by atoms with Gasteiger partial charge in [-0.3, -0.25) is 14.9 Å².